The molecule has 0 bridgehead atoms. The molecule has 8 nitrogen and oxygen atoms in total. The Hall–Kier alpha value is -4.24. The molecule has 0 atom stereocenters. The monoisotopic (exact) mass is 490 g/mol. The smallest absolute Gasteiger partial charge is 0.338 e. The van der Waals surface area contributed by atoms with E-state index in [1.165, 1.54) is 37.5 Å². The molecule has 178 valence electrons. The predicted molar refractivity (Wildman–Crippen MR) is 132 cm³/mol. The molecule has 0 saturated carbocycles. The summed E-state index contributed by atoms with van der Waals surface area (Å²) < 4.78 is 40.1. The van der Waals surface area contributed by atoms with Crippen molar-refractivity contribution in [1.29, 1.82) is 0 Å². The molecule has 0 spiro atoms. The summed E-state index contributed by atoms with van der Waals surface area (Å²) in [6.07, 6.45) is 1.41. The molecular weight excluding hydrogens is 468 g/mol. The van der Waals surface area contributed by atoms with Gasteiger partial charge in [0.1, 0.15) is 5.75 Å². The highest BCUT2D eigenvalue weighted by Gasteiger charge is 2.26. The number of ketones is 1. The Morgan fingerprint density at radius 2 is 1.60 bits per heavy atom. The van der Waals surface area contributed by atoms with Crippen molar-refractivity contribution in [1.82, 2.24) is 0 Å². The Balaban J connectivity index is 1.70. The molecule has 4 rings (SSSR count). The second kappa shape index (κ2) is 9.94. The summed E-state index contributed by atoms with van der Waals surface area (Å²) in [7, 11) is -2.58. The van der Waals surface area contributed by atoms with Gasteiger partial charge in [0.15, 0.2) is 0 Å². The number of ether oxygens (including phenoxy) is 2. The SMILES string of the molecule is CCOC(=O)c1ccc(NC2=CC(=NS(=O)(=O)c3ccc(OC)cc3)c3ccccc3C2=O)cc1. The zero-order valence-electron chi connectivity index (χ0n) is 19.0. The van der Waals surface area contributed by atoms with Gasteiger partial charge in [0, 0.05) is 16.8 Å². The summed E-state index contributed by atoms with van der Waals surface area (Å²) in [6, 6.07) is 19.0. The van der Waals surface area contributed by atoms with Crippen molar-refractivity contribution in [2.75, 3.05) is 19.0 Å². The van der Waals surface area contributed by atoms with E-state index in [0.29, 0.717) is 28.1 Å². The molecule has 1 aliphatic carbocycles. The third-order valence-electron chi connectivity index (χ3n) is 5.22. The van der Waals surface area contributed by atoms with E-state index in [1.807, 2.05) is 0 Å². The van der Waals surface area contributed by atoms with Gasteiger partial charge in [-0.2, -0.15) is 12.8 Å². The summed E-state index contributed by atoms with van der Waals surface area (Å²) >= 11 is 0. The quantitative estimate of drug-likeness (QED) is 0.493. The fraction of sp³-hybridized carbons (Fsp3) is 0.115. The van der Waals surface area contributed by atoms with Gasteiger partial charge in [0.25, 0.3) is 10.0 Å². The number of carbonyl (C=O) groups is 2. The summed E-state index contributed by atoms with van der Waals surface area (Å²) in [5.74, 6) is -0.236. The number of nitrogens with zero attached hydrogens (tertiary/aromatic N) is 1. The summed E-state index contributed by atoms with van der Waals surface area (Å²) in [4.78, 5) is 25.0. The van der Waals surface area contributed by atoms with E-state index in [0.717, 1.165) is 0 Å². The molecular formula is C26H22N2O6S. The number of esters is 1. The lowest BCUT2D eigenvalue weighted by atomic mass is 9.92. The highest BCUT2D eigenvalue weighted by molar-refractivity contribution is 7.90. The van der Waals surface area contributed by atoms with Crippen LogP contribution in [0.1, 0.15) is 33.2 Å². The lowest BCUT2D eigenvalue weighted by molar-refractivity contribution is 0.0526. The maximum absolute atomic E-state index is 13.1. The van der Waals surface area contributed by atoms with Crippen LogP contribution in [0, 0.1) is 0 Å². The molecule has 0 radical (unpaired) electrons. The van der Waals surface area contributed by atoms with Gasteiger partial charge in [0.2, 0.25) is 5.78 Å². The first kappa shape index (κ1) is 23.9. The zero-order chi connectivity index (χ0) is 25.0. The molecule has 35 heavy (non-hydrogen) atoms. The first-order valence-corrected chi connectivity index (χ1v) is 12.2. The molecule has 3 aromatic rings. The molecule has 1 aliphatic rings. The van der Waals surface area contributed by atoms with Crippen LogP contribution >= 0.6 is 0 Å². The largest absolute Gasteiger partial charge is 0.497 e. The number of carbonyl (C=O) groups excluding carboxylic acids is 2. The fourth-order valence-electron chi connectivity index (χ4n) is 3.49. The molecule has 0 amide bonds. The Bertz CT molecular complexity index is 1440. The van der Waals surface area contributed by atoms with E-state index in [9.17, 15) is 18.0 Å². The number of rotatable bonds is 7. The second-order valence-corrected chi connectivity index (χ2v) is 9.09. The minimum absolute atomic E-state index is 0.00218. The molecule has 0 fully saturated rings. The van der Waals surface area contributed by atoms with Gasteiger partial charge in [-0.1, -0.05) is 24.3 Å². The number of benzene rings is 3. The highest BCUT2D eigenvalue weighted by Crippen LogP contribution is 2.26. The maximum atomic E-state index is 13.1. The van der Waals surface area contributed by atoms with Crippen LogP contribution in [-0.2, 0) is 14.8 Å². The van der Waals surface area contributed by atoms with Crippen LogP contribution < -0.4 is 10.1 Å². The maximum Gasteiger partial charge on any atom is 0.338 e. The number of hydrogen-bond donors (Lipinski definition) is 1. The van der Waals surface area contributed by atoms with Gasteiger partial charge in [-0.05, 0) is 61.5 Å². The molecule has 0 saturated heterocycles. The Labute approximate surface area is 203 Å². The van der Waals surface area contributed by atoms with Gasteiger partial charge in [-0.3, -0.25) is 4.79 Å². The Kier molecular flexibility index (Phi) is 6.79. The summed E-state index contributed by atoms with van der Waals surface area (Å²) in [5.41, 5.74) is 1.92. The first-order chi connectivity index (χ1) is 16.8. The standard InChI is InChI=1S/C26H22N2O6S/c1-3-34-26(30)17-8-10-18(11-9-17)27-24-16-23(21-6-4-5-7-22(21)25(24)29)28-35(31,32)20-14-12-19(33-2)13-15-20/h4-16,27H,3H2,1-2H3. The van der Waals surface area contributed by atoms with Crippen LogP contribution in [0.3, 0.4) is 0 Å². The van der Waals surface area contributed by atoms with Crippen molar-refractivity contribution in [3.05, 3.63) is 101 Å². The molecule has 0 aliphatic heterocycles. The van der Waals surface area contributed by atoms with Crippen molar-refractivity contribution in [3.63, 3.8) is 0 Å². The van der Waals surface area contributed by atoms with Gasteiger partial charge in [-0.15, -0.1) is 0 Å². The van der Waals surface area contributed by atoms with Gasteiger partial charge in [-0.25, -0.2) is 4.79 Å². The van der Waals surface area contributed by atoms with Crippen molar-refractivity contribution in [2.45, 2.75) is 11.8 Å². The van der Waals surface area contributed by atoms with E-state index in [4.69, 9.17) is 9.47 Å². The van der Waals surface area contributed by atoms with E-state index in [-0.39, 0.29) is 28.7 Å². The minimum atomic E-state index is -4.06. The summed E-state index contributed by atoms with van der Waals surface area (Å²) in [6.45, 7) is 1.99. The van der Waals surface area contributed by atoms with Crippen LogP contribution in [0.2, 0.25) is 0 Å². The Morgan fingerprint density at radius 3 is 2.23 bits per heavy atom. The van der Waals surface area contributed by atoms with E-state index >= 15 is 0 Å². The number of fused-ring (bicyclic) bond motifs is 1. The number of anilines is 1. The zero-order valence-corrected chi connectivity index (χ0v) is 19.8. The van der Waals surface area contributed by atoms with Crippen LogP contribution in [0.4, 0.5) is 5.69 Å². The van der Waals surface area contributed by atoms with Crippen molar-refractivity contribution in [3.8, 4) is 5.75 Å². The van der Waals surface area contributed by atoms with Gasteiger partial charge < -0.3 is 14.8 Å². The van der Waals surface area contributed by atoms with Crippen molar-refractivity contribution >= 4 is 33.2 Å². The fourth-order valence-corrected chi connectivity index (χ4v) is 4.48. The van der Waals surface area contributed by atoms with Gasteiger partial charge >= 0.3 is 5.97 Å². The van der Waals surface area contributed by atoms with Crippen LogP contribution in [0.15, 0.2) is 93.9 Å². The van der Waals surface area contributed by atoms with E-state index in [2.05, 4.69) is 9.71 Å². The highest BCUT2D eigenvalue weighted by atomic mass is 32.2. The average molecular weight is 491 g/mol. The van der Waals surface area contributed by atoms with Crippen LogP contribution in [0.25, 0.3) is 0 Å². The van der Waals surface area contributed by atoms with E-state index < -0.39 is 16.0 Å². The first-order valence-electron chi connectivity index (χ1n) is 10.7. The number of Topliss-reactive ketones (excluding diaryl/α,β-unsaturated/α-hetero) is 1. The molecule has 1 N–H and O–H groups in total. The van der Waals surface area contributed by atoms with Crippen molar-refractivity contribution < 1.29 is 27.5 Å². The predicted octanol–water partition coefficient (Wildman–Crippen LogP) is 4.24. The molecule has 3 aromatic carbocycles. The third-order valence-corrected chi connectivity index (χ3v) is 6.53. The number of nitrogens with one attached hydrogen (secondary N) is 1. The number of allylic oxidation sites excluding steroid dienone is 2. The number of sulfonamides is 1. The van der Waals surface area contributed by atoms with Crippen LogP contribution in [-0.4, -0.2) is 39.6 Å². The third kappa shape index (κ3) is 5.15. The molecule has 0 aromatic heterocycles. The topological polar surface area (TPSA) is 111 Å². The molecule has 9 heteroatoms. The lowest BCUT2D eigenvalue weighted by Crippen LogP contribution is -2.22. The van der Waals surface area contributed by atoms with Crippen molar-refractivity contribution in [2.24, 2.45) is 4.40 Å². The number of methoxy groups -OCH3 is 1. The minimum Gasteiger partial charge on any atom is -0.497 e. The molecule has 0 heterocycles. The normalized spacial score (nSPS) is 14.2. The van der Waals surface area contributed by atoms with Crippen LogP contribution in [0.5, 0.6) is 5.75 Å². The number of hydrogen-bond acceptors (Lipinski definition) is 7. The second-order valence-electron chi connectivity index (χ2n) is 7.48. The molecule has 0 unspecified atom stereocenters. The lowest BCUT2D eigenvalue weighted by Gasteiger charge is -2.19. The Morgan fingerprint density at radius 1 is 0.943 bits per heavy atom. The van der Waals surface area contributed by atoms with E-state index in [1.54, 1.807) is 55.5 Å². The van der Waals surface area contributed by atoms with Gasteiger partial charge in [0.05, 0.1) is 35.6 Å². The summed E-state index contributed by atoms with van der Waals surface area (Å²) in [5, 5.41) is 3.01. The average Bonchev–Trinajstić information content (AvgIpc) is 2.87.